The van der Waals surface area contributed by atoms with Gasteiger partial charge in [0, 0.05) is 13.0 Å². The fourth-order valence-corrected chi connectivity index (χ4v) is 3.46. The van der Waals surface area contributed by atoms with E-state index in [1.807, 2.05) is 31.2 Å². The van der Waals surface area contributed by atoms with Crippen molar-refractivity contribution < 1.29 is 4.52 Å². The van der Waals surface area contributed by atoms with Crippen molar-refractivity contribution in [2.45, 2.75) is 51.1 Å². The van der Waals surface area contributed by atoms with Crippen molar-refractivity contribution in [3.63, 3.8) is 0 Å². The topological polar surface area (TPSA) is 73.8 Å². The van der Waals surface area contributed by atoms with Crippen LogP contribution in [0.25, 0.3) is 10.9 Å². The minimum absolute atomic E-state index is 0.00330. The summed E-state index contributed by atoms with van der Waals surface area (Å²) in [6.07, 6.45) is 1.64. The van der Waals surface area contributed by atoms with Gasteiger partial charge in [-0.2, -0.15) is 4.98 Å². The lowest BCUT2D eigenvalue weighted by atomic mass is 10.1. The van der Waals surface area contributed by atoms with E-state index in [1.165, 1.54) is 11.8 Å². The zero-order valence-electron chi connectivity index (χ0n) is 14.7. The standard InChI is InChI=1S/C18H22N4O2S/c1-4-9-22-17(23)13-7-5-6-8-14(13)19-18(22)25-11-15-20-16(24-21-15)10-12(2)3/h5-8,12H,4,9-11H2,1-3H3. The van der Waals surface area contributed by atoms with Crippen molar-refractivity contribution >= 4 is 22.7 Å². The van der Waals surface area contributed by atoms with Crippen LogP contribution in [0, 0.1) is 5.92 Å². The molecule has 0 fully saturated rings. The highest BCUT2D eigenvalue weighted by atomic mass is 32.2. The molecule has 0 atom stereocenters. The van der Waals surface area contributed by atoms with Gasteiger partial charge in [0.05, 0.1) is 16.7 Å². The smallest absolute Gasteiger partial charge is 0.262 e. The number of rotatable bonds is 7. The second kappa shape index (κ2) is 7.82. The fraction of sp³-hybridized carbons (Fsp3) is 0.444. The molecule has 6 nitrogen and oxygen atoms in total. The van der Waals surface area contributed by atoms with Crippen LogP contribution in [0.4, 0.5) is 0 Å². The lowest BCUT2D eigenvalue weighted by molar-refractivity contribution is 0.360. The lowest BCUT2D eigenvalue weighted by Crippen LogP contribution is -2.23. The number of fused-ring (bicyclic) bond motifs is 1. The highest BCUT2D eigenvalue weighted by Crippen LogP contribution is 2.21. The van der Waals surface area contributed by atoms with Crippen LogP contribution in [0.5, 0.6) is 0 Å². The van der Waals surface area contributed by atoms with E-state index in [4.69, 9.17) is 4.52 Å². The predicted molar refractivity (Wildman–Crippen MR) is 98.7 cm³/mol. The molecule has 1 aromatic carbocycles. The van der Waals surface area contributed by atoms with E-state index in [0.29, 0.717) is 40.5 Å². The Hall–Kier alpha value is -2.15. The van der Waals surface area contributed by atoms with Crippen LogP contribution in [0.1, 0.15) is 38.9 Å². The first-order valence-corrected chi connectivity index (χ1v) is 9.51. The van der Waals surface area contributed by atoms with Gasteiger partial charge < -0.3 is 4.52 Å². The van der Waals surface area contributed by atoms with Crippen LogP contribution in [0.2, 0.25) is 0 Å². The summed E-state index contributed by atoms with van der Waals surface area (Å²) in [6.45, 7) is 6.92. The van der Waals surface area contributed by atoms with Crippen molar-refractivity contribution in [2.75, 3.05) is 0 Å². The Kier molecular flexibility index (Phi) is 5.53. The monoisotopic (exact) mass is 358 g/mol. The first kappa shape index (κ1) is 17.7. The van der Waals surface area contributed by atoms with E-state index in [2.05, 4.69) is 29.0 Å². The summed E-state index contributed by atoms with van der Waals surface area (Å²) in [5.41, 5.74) is 0.722. The van der Waals surface area contributed by atoms with Crippen LogP contribution in [0.15, 0.2) is 38.7 Å². The van der Waals surface area contributed by atoms with Crippen molar-refractivity contribution in [1.82, 2.24) is 19.7 Å². The summed E-state index contributed by atoms with van der Waals surface area (Å²) in [6, 6.07) is 7.45. The van der Waals surface area contributed by atoms with E-state index in [0.717, 1.165) is 18.4 Å². The zero-order valence-corrected chi connectivity index (χ0v) is 15.5. The summed E-state index contributed by atoms with van der Waals surface area (Å²) in [5.74, 6) is 2.28. The molecule has 0 saturated carbocycles. The highest BCUT2D eigenvalue weighted by molar-refractivity contribution is 7.98. The van der Waals surface area contributed by atoms with Gasteiger partial charge in [0.1, 0.15) is 0 Å². The lowest BCUT2D eigenvalue weighted by Gasteiger charge is -2.11. The summed E-state index contributed by atoms with van der Waals surface area (Å²) < 4.78 is 7.01. The second-order valence-electron chi connectivity index (χ2n) is 6.36. The Balaban J connectivity index is 1.86. The Labute approximate surface area is 150 Å². The van der Waals surface area contributed by atoms with Crippen molar-refractivity contribution in [2.24, 2.45) is 5.92 Å². The second-order valence-corrected chi connectivity index (χ2v) is 7.30. The average molecular weight is 358 g/mol. The fourth-order valence-electron chi connectivity index (χ4n) is 2.59. The van der Waals surface area contributed by atoms with Crippen LogP contribution in [0.3, 0.4) is 0 Å². The molecule has 2 aromatic heterocycles. The van der Waals surface area contributed by atoms with Gasteiger partial charge in [0.2, 0.25) is 5.89 Å². The first-order chi connectivity index (χ1) is 12.1. The molecule has 132 valence electrons. The normalized spacial score (nSPS) is 11.5. The number of hydrogen-bond donors (Lipinski definition) is 0. The third-order valence-corrected chi connectivity index (χ3v) is 4.67. The summed E-state index contributed by atoms with van der Waals surface area (Å²) >= 11 is 1.47. The molecule has 0 spiro atoms. The van der Waals surface area contributed by atoms with Gasteiger partial charge in [-0.1, -0.05) is 49.8 Å². The largest absolute Gasteiger partial charge is 0.339 e. The Morgan fingerprint density at radius 3 is 2.80 bits per heavy atom. The molecule has 0 saturated heterocycles. The van der Waals surface area contributed by atoms with Crippen LogP contribution in [-0.2, 0) is 18.7 Å². The molecule has 3 aromatic rings. The van der Waals surface area contributed by atoms with Crippen LogP contribution >= 0.6 is 11.8 Å². The Morgan fingerprint density at radius 1 is 1.24 bits per heavy atom. The maximum Gasteiger partial charge on any atom is 0.262 e. The molecule has 0 aliphatic carbocycles. The van der Waals surface area contributed by atoms with E-state index in [9.17, 15) is 4.79 Å². The van der Waals surface area contributed by atoms with E-state index < -0.39 is 0 Å². The molecule has 0 aliphatic rings. The van der Waals surface area contributed by atoms with E-state index >= 15 is 0 Å². The summed E-state index contributed by atoms with van der Waals surface area (Å²) in [4.78, 5) is 21.8. The SMILES string of the molecule is CCCn1c(SCc2noc(CC(C)C)n2)nc2ccccc2c1=O. The molecule has 3 rings (SSSR count). The maximum atomic E-state index is 12.7. The van der Waals surface area contributed by atoms with Gasteiger partial charge in [-0.15, -0.1) is 0 Å². The van der Waals surface area contributed by atoms with Crippen LogP contribution in [-0.4, -0.2) is 19.7 Å². The third kappa shape index (κ3) is 4.10. The molecule has 25 heavy (non-hydrogen) atoms. The number of hydrogen-bond acceptors (Lipinski definition) is 6. The molecular weight excluding hydrogens is 336 g/mol. The summed E-state index contributed by atoms with van der Waals surface area (Å²) in [7, 11) is 0. The summed E-state index contributed by atoms with van der Waals surface area (Å²) in [5, 5.41) is 5.37. The number of aromatic nitrogens is 4. The van der Waals surface area contributed by atoms with Gasteiger partial charge in [-0.05, 0) is 24.5 Å². The van der Waals surface area contributed by atoms with Crippen molar-refractivity contribution in [3.05, 3.63) is 46.3 Å². The van der Waals surface area contributed by atoms with Crippen molar-refractivity contribution in [1.29, 1.82) is 0 Å². The van der Waals surface area contributed by atoms with E-state index in [1.54, 1.807) is 4.57 Å². The van der Waals surface area contributed by atoms with Gasteiger partial charge in [-0.25, -0.2) is 4.98 Å². The first-order valence-electron chi connectivity index (χ1n) is 8.52. The molecule has 0 amide bonds. The molecule has 0 bridgehead atoms. The molecular formula is C18H22N4O2S. The molecule has 0 N–H and O–H groups in total. The number of para-hydroxylation sites is 1. The van der Waals surface area contributed by atoms with E-state index in [-0.39, 0.29) is 5.56 Å². The predicted octanol–water partition coefficient (Wildman–Crippen LogP) is 3.68. The Morgan fingerprint density at radius 2 is 2.04 bits per heavy atom. The highest BCUT2D eigenvalue weighted by Gasteiger charge is 2.13. The van der Waals surface area contributed by atoms with Crippen molar-refractivity contribution in [3.8, 4) is 0 Å². The molecule has 0 aliphatic heterocycles. The number of thioether (sulfide) groups is 1. The minimum atomic E-state index is 0.00330. The quantitative estimate of drug-likeness (QED) is 0.474. The average Bonchev–Trinajstić information content (AvgIpc) is 3.02. The van der Waals surface area contributed by atoms with Crippen LogP contribution < -0.4 is 5.56 Å². The molecule has 0 unspecified atom stereocenters. The molecule has 0 radical (unpaired) electrons. The zero-order chi connectivity index (χ0) is 17.8. The van der Waals surface area contributed by atoms with Gasteiger partial charge in [-0.3, -0.25) is 9.36 Å². The number of nitrogens with zero attached hydrogens (tertiary/aromatic N) is 4. The van der Waals surface area contributed by atoms with Gasteiger partial charge >= 0.3 is 0 Å². The Bertz CT molecular complexity index is 917. The van der Waals surface area contributed by atoms with Gasteiger partial charge in [0.15, 0.2) is 11.0 Å². The maximum absolute atomic E-state index is 12.7. The molecule has 2 heterocycles. The van der Waals surface area contributed by atoms with Gasteiger partial charge in [0.25, 0.3) is 5.56 Å². The third-order valence-electron chi connectivity index (χ3n) is 3.70. The number of benzene rings is 1. The molecule has 7 heteroatoms. The minimum Gasteiger partial charge on any atom is -0.339 e.